The molecule has 2 rings (SSSR count). The highest BCUT2D eigenvalue weighted by molar-refractivity contribution is 5.92. The average molecular weight is 271 g/mol. The SMILES string of the molecule is CC(C)=C(F)C(=O)N1CCOC[C@@H]1[C@@H]1CCC[C@H]1O. The van der Waals surface area contributed by atoms with Crippen LogP contribution < -0.4 is 0 Å². The first-order chi connectivity index (χ1) is 9.02. The first kappa shape index (κ1) is 14.5. The second-order valence-electron chi connectivity index (χ2n) is 5.62. The molecule has 1 saturated heterocycles. The number of ether oxygens (including phenoxy) is 1. The van der Waals surface area contributed by atoms with E-state index in [2.05, 4.69) is 0 Å². The Morgan fingerprint density at radius 1 is 1.37 bits per heavy atom. The van der Waals surface area contributed by atoms with Crippen molar-refractivity contribution in [2.75, 3.05) is 19.8 Å². The van der Waals surface area contributed by atoms with Crippen LogP contribution in [0.5, 0.6) is 0 Å². The number of carbonyl (C=O) groups excluding carboxylic acids is 1. The number of amides is 1. The fourth-order valence-corrected chi connectivity index (χ4v) is 2.99. The third-order valence-corrected chi connectivity index (χ3v) is 4.08. The summed E-state index contributed by atoms with van der Waals surface area (Å²) < 4.78 is 19.3. The fourth-order valence-electron chi connectivity index (χ4n) is 2.99. The molecule has 1 aliphatic heterocycles. The van der Waals surface area contributed by atoms with E-state index in [1.807, 2.05) is 0 Å². The molecule has 0 spiro atoms. The summed E-state index contributed by atoms with van der Waals surface area (Å²) in [6.45, 7) is 4.40. The van der Waals surface area contributed by atoms with Gasteiger partial charge in [0.05, 0.1) is 25.4 Å². The number of morpholine rings is 1. The van der Waals surface area contributed by atoms with Crippen LogP contribution in [0.3, 0.4) is 0 Å². The predicted octanol–water partition coefficient (Wildman–Crippen LogP) is 1.64. The van der Waals surface area contributed by atoms with E-state index < -0.39 is 17.8 Å². The van der Waals surface area contributed by atoms with Gasteiger partial charge in [-0.1, -0.05) is 6.42 Å². The molecule has 1 aliphatic carbocycles. The lowest BCUT2D eigenvalue weighted by molar-refractivity contribution is -0.141. The van der Waals surface area contributed by atoms with Gasteiger partial charge in [0.15, 0.2) is 5.83 Å². The molecule has 19 heavy (non-hydrogen) atoms. The lowest BCUT2D eigenvalue weighted by atomic mass is 9.94. The Morgan fingerprint density at radius 3 is 2.68 bits per heavy atom. The lowest BCUT2D eigenvalue weighted by Gasteiger charge is -2.39. The minimum atomic E-state index is -0.681. The Morgan fingerprint density at radius 2 is 2.11 bits per heavy atom. The summed E-state index contributed by atoms with van der Waals surface area (Å²) in [5.74, 6) is -1.24. The van der Waals surface area contributed by atoms with Gasteiger partial charge in [-0.05, 0) is 32.3 Å². The van der Waals surface area contributed by atoms with E-state index in [0.717, 1.165) is 19.3 Å². The number of hydrogen-bond acceptors (Lipinski definition) is 3. The van der Waals surface area contributed by atoms with Crippen LogP contribution in [0.4, 0.5) is 4.39 Å². The minimum absolute atomic E-state index is 0.00853. The molecule has 1 amide bonds. The molecular formula is C14H22FNO3. The van der Waals surface area contributed by atoms with E-state index in [-0.39, 0.29) is 12.0 Å². The summed E-state index contributed by atoms with van der Waals surface area (Å²) in [5, 5.41) is 9.99. The van der Waals surface area contributed by atoms with Crippen LogP contribution in [-0.2, 0) is 9.53 Å². The van der Waals surface area contributed by atoms with Crippen molar-refractivity contribution in [2.24, 2.45) is 5.92 Å². The third kappa shape index (κ3) is 2.98. The number of allylic oxidation sites excluding steroid dienone is 1. The Hall–Kier alpha value is -0.940. The van der Waals surface area contributed by atoms with Crippen LogP contribution in [0, 0.1) is 5.92 Å². The van der Waals surface area contributed by atoms with Crippen molar-refractivity contribution in [1.82, 2.24) is 4.90 Å². The van der Waals surface area contributed by atoms with Gasteiger partial charge in [0, 0.05) is 12.5 Å². The normalized spacial score (nSPS) is 31.4. The molecule has 2 fully saturated rings. The summed E-state index contributed by atoms with van der Waals surface area (Å²) in [7, 11) is 0. The van der Waals surface area contributed by atoms with E-state index in [1.54, 1.807) is 18.7 Å². The van der Waals surface area contributed by atoms with Crippen LogP contribution >= 0.6 is 0 Å². The quantitative estimate of drug-likeness (QED) is 0.777. The monoisotopic (exact) mass is 271 g/mol. The summed E-state index contributed by atoms with van der Waals surface area (Å²) >= 11 is 0. The van der Waals surface area contributed by atoms with Gasteiger partial charge in [-0.2, -0.15) is 0 Å². The molecule has 1 heterocycles. The maximum atomic E-state index is 13.8. The zero-order valence-electron chi connectivity index (χ0n) is 11.6. The van der Waals surface area contributed by atoms with Gasteiger partial charge in [0.2, 0.25) is 0 Å². The second kappa shape index (κ2) is 6.01. The van der Waals surface area contributed by atoms with Gasteiger partial charge in [-0.15, -0.1) is 0 Å². The van der Waals surface area contributed by atoms with Crippen molar-refractivity contribution in [3.05, 3.63) is 11.4 Å². The number of hydrogen-bond donors (Lipinski definition) is 1. The summed E-state index contributed by atoms with van der Waals surface area (Å²) in [4.78, 5) is 13.7. The number of halogens is 1. The molecule has 0 aromatic carbocycles. The van der Waals surface area contributed by atoms with Gasteiger partial charge in [0.25, 0.3) is 5.91 Å². The number of carbonyl (C=O) groups is 1. The van der Waals surface area contributed by atoms with Gasteiger partial charge < -0.3 is 14.7 Å². The van der Waals surface area contributed by atoms with Crippen molar-refractivity contribution >= 4 is 5.91 Å². The highest BCUT2D eigenvalue weighted by Crippen LogP contribution is 2.33. The zero-order chi connectivity index (χ0) is 14.0. The topological polar surface area (TPSA) is 49.8 Å². The van der Waals surface area contributed by atoms with Gasteiger partial charge in [-0.25, -0.2) is 4.39 Å². The van der Waals surface area contributed by atoms with Crippen LogP contribution in [-0.4, -0.2) is 47.8 Å². The van der Waals surface area contributed by atoms with Gasteiger partial charge in [0.1, 0.15) is 0 Å². The molecule has 5 heteroatoms. The summed E-state index contributed by atoms with van der Waals surface area (Å²) in [6, 6.07) is -0.205. The Labute approximate surface area is 113 Å². The average Bonchev–Trinajstić information content (AvgIpc) is 2.83. The zero-order valence-corrected chi connectivity index (χ0v) is 11.6. The number of rotatable bonds is 2. The molecule has 1 N–H and O–H groups in total. The number of nitrogens with zero attached hydrogens (tertiary/aromatic N) is 1. The molecular weight excluding hydrogens is 249 g/mol. The van der Waals surface area contributed by atoms with Crippen molar-refractivity contribution < 1.29 is 19.0 Å². The second-order valence-corrected chi connectivity index (χ2v) is 5.62. The molecule has 2 aliphatic rings. The first-order valence-electron chi connectivity index (χ1n) is 6.92. The summed E-state index contributed by atoms with van der Waals surface area (Å²) in [5.41, 5.74) is 0.391. The minimum Gasteiger partial charge on any atom is -0.393 e. The first-order valence-corrected chi connectivity index (χ1v) is 6.92. The Kier molecular flexibility index (Phi) is 4.58. The molecule has 4 nitrogen and oxygen atoms in total. The van der Waals surface area contributed by atoms with Gasteiger partial charge in [-0.3, -0.25) is 4.79 Å². The van der Waals surface area contributed by atoms with Crippen LogP contribution in [0.15, 0.2) is 11.4 Å². The van der Waals surface area contributed by atoms with E-state index in [1.165, 1.54) is 0 Å². The van der Waals surface area contributed by atoms with Crippen molar-refractivity contribution in [2.45, 2.75) is 45.3 Å². The van der Waals surface area contributed by atoms with E-state index >= 15 is 0 Å². The Balaban J connectivity index is 2.16. The van der Waals surface area contributed by atoms with Crippen LogP contribution in [0.25, 0.3) is 0 Å². The number of aliphatic hydroxyl groups is 1. The lowest BCUT2D eigenvalue weighted by Crippen LogP contribution is -2.53. The molecule has 3 atom stereocenters. The van der Waals surface area contributed by atoms with Crippen molar-refractivity contribution in [3.8, 4) is 0 Å². The molecule has 0 unspecified atom stereocenters. The molecule has 0 bridgehead atoms. The van der Waals surface area contributed by atoms with E-state index in [0.29, 0.717) is 25.3 Å². The fraction of sp³-hybridized carbons (Fsp3) is 0.786. The summed E-state index contributed by atoms with van der Waals surface area (Å²) in [6.07, 6.45) is 2.18. The highest BCUT2D eigenvalue weighted by atomic mass is 19.1. The van der Waals surface area contributed by atoms with E-state index in [9.17, 15) is 14.3 Å². The van der Waals surface area contributed by atoms with Crippen molar-refractivity contribution in [3.63, 3.8) is 0 Å². The maximum Gasteiger partial charge on any atom is 0.282 e. The largest absolute Gasteiger partial charge is 0.393 e. The maximum absolute atomic E-state index is 13.8. The van der Waals surface area contributed by atoms with E-state index in [4.69, 9.17) is 4.74 Å². The molecule has 0 aromatic rings. The van der Waals surface area contributed by atoms with Crippen molar-refractivity contribution in [1.29, 1.82) is 0 Å². The molecule has 0 aromatic heterocycles. The van der Waals surface area contributed by atoms with Crippen LogP contribution in [0.1, 0.15) is 33.1 Å². The molecule has 0 radical (unpaired) electrons. The molecule has 108 valence electrons. The smallest absolute Gasteiger partial charge is 0.282 e. The van der Waals surface area contributed by atoms with Crippen LogP contribution in [0.2, 0.25) is 0 Å². The third-order valence-electron chi connectivity index (χ3n) is 4.08. The molecule has 1 saturated carbocycles. The standard InChI is InChI=1S/C14H22FNO3/c1-9(2)13(15)14(18)16-6-7-19-8-11(16)10-4-3-5-12(10)17/h10-12,17H,3-8H2,1-2H3/t10-,11+,12+/m0/s1. The highest BCUT2D eigenvalue weighted by Gasteiger charge is 2.40. The predicted molar refractivity (Wildman–Crippen MR) is 69.1 cm³/mol. The van der Waals surface area contributed by atoms with Gasteiger partial charge >= 0.3 is 0 Å². The number of aliphatic hydroxyl groups excluding tert-OH is 1. The Bertz CT molecular complexity index is 379.